The average Bonchev–Trinajstić information content (AvgIpc) is 2.17. The van der Waals surface area contributed by atoms with Crippen LogP contribution in [0.25, 0.3) is 11.2 Å². The first-order valence-corrected chi connectivity index (χ1v) is 5.26. The van der Waals surface area contributed by atoms with Crippen LogP contribution in [0, 0.1) is 0 Å². The molecule has 2 aromatic heterocycles. The van der Waals surface area contributed by atoms with E-state index in [4.69, 9.17) is 0 Å². The Morgan fingerprint density at radius 1 is 1.43 bits per heavy atom. The highest BCUT2D eigenvalue weighted by molar-refractivity contribution is 7.99. The molecule has 2 aromatic rings. The van der Waals surface area contributed by atoms with Crippen LogP contribution in [0.3, 0.4) is 0 Å². The third kappa shape index (κ3) is 1.77. The Morgan fingerprint density at radius 2 is 2.21 bits per heavy atom. The van der Waals surface area contributed by atoms with Gasteiger partial charge < -0.3 is 4.98 Å². The van der Waals surface area contributed by atoms with Crippen molar-refractivity contribution in [3.8, 4) is 0 Å². The molecule has 0 spiro atoms. The summed E-state index contributed by atoms with van der Waals surface area (Å²) in [5, 5.41) is 0. The number of hydrogen-bond acceptors (Lipinski definition) is 4. The summed E-state index contributed by atoms with van der Waals surface area (Å²) in [6, 6.07) is 1.89. The molecule has 0 aliphatic heterocycles. The lowest BCUT2D eigenvalue weighted by Crippen LogP contribution is -2.05. The summed E-state index contributed by atoms with van der Waals surface area (Å²) >= 11 is 1.68. The van der Waals surface area contributed by atoms with Crippen LogP contribution in [-0.2, 0) is 0 Å². The SMILES string of the molecule is CCSc1cnc2ncc(=O)[nH]c2c1. The molecular weight excluding hydrogens is 198 g/mol. The largest absolute Gasteiger partial charge is 0.318 e. The minimum atomic E-state index is -0.196. The highest BCUT2D eigenvalue weighted by Gasteiger charge is 1.99. The predicted molar refractivity (Wildman–Crippen MR) is 56.6 cm³/mol. The molecule has 1 N–H and O–H groups in total. The minimum absolute atomic E-state index is 0.196. The molecule has 0 amide bonds. The molecule has 2 heterocycles. The topological polar surface area (TPSA) is 58.6 Å². The van der Waals surface area contributed by atoms with Gasteiger partial charge in [0.1, 0.15) is 0 Å². The maximum Gasteiger partial charge on any atom is 0.266 e. The van der Waals surface area contributed by atoms with Crippen LogP contribution >= 0.6 is 11.8 Å². The summed E-state index contributed by atoms with van der Waals surface area (Å²) in [5.41, 5.74) is 1.07. The van der Waals surface area contributed by atoms with E-state index in [-0.39, 0.29) is 5.56 Å². The fourth-order valence-electron chi connectivity index (χ4n) is 1.16. The summed E-state index contributed by atoms with van der Waals surface area (Å²) in [4.78, 5) is 22.8. The smallest absolute Gasteiger partial charge is 0.266 e. The molecule has 0 bridgehead atoms. The van der Waals surface area contributed by atoms with E-state index in [2.05, 4.69) is 21.9 Å². The number of nitrogens with zero attached hydrogens (tertiary/aromatic N) is 2. The van der Waals surface area contributed by atoms with Crippen molar-refractivity contribution in [3.05, 3.63) is 28.8 Å². The van der Waals surface area contributed by atoms with Gasteiger partial charge in [-0.2, -0.15) is 0 Å². The van der Waals surface area contributed by atoms with Gasteiger partial charge in [0, 0.05) is 11.1 Å². The first kappa shape index (κ1) is 9.21. The summed E-state index contributed by atoms with van der Waals surface area (Å²) in [6.45, 7) is 2.07. The van der Waals surface area contributed by atoms with Crippen molar-refractivity contribution in [1.82, 2.24) is 15.0 Å². The maximum absolute atomic E-state index is 11.0. The van der Waals surface area contributed by atoms with Gasteiger partial charge in [0.05, 0.1) is 11.7 Å². The zero-order valence-electron chi connectivity index (χ0n) is 7.65. The van der Waals surface area contributed by atoms with Crippen molar-refractivity contribution < 1.29 is 0 Å². The number of rotatable bonds is 2. The normalized spacial score (nSPS) is 10.6. The third-order valence-electron chi connectivity index (χ3n) is 1.71. The van der Waals surface area contributed by atoms with Gasteiger partial charge in [-0.15, -0.1) is 11.8 Å². The van der Waals surface area contributed by atoms with Crippen LogP contribution in [0.5, 0.6) is 0 Å². The summed E-state index contributed by atoms with van der Waals surface area (Å²) in [5.74, 6) is 0.984. The lowest BCUT2D eigenvalue weighted by atomic mass is 10.4. The number of nitrogens with one attached hydrogen (secondary N) is 1. The fourth-order valence-corrected chi connectivity index (χ4v) is 1.83. The molecule has 0 aliphatic rings. The highest BCUT2D eigenvalue weighted by atomic mass is 32.2. The first-order valence-electron chi connectivity index (χ1n) is 4.27. The van der Waals surface area contributed by atoms with Gasteiger partial charge in [-0.3, -0.25) is 4.79 Å². The van der Waals surface area contributed by atoms with E-state index in [1.165, 1.54) is 6.20 Å². The van der Waals surface area contributed by atoms with Crippen molar-refractivity contribution in [1.29, 1.82) is 0 Å². The fraction of sp³-hybridized carbons (Fsp3) is 0.222. The van der Waals surface area contributed by atoms with Crippen molar-refractivity contribution in [2.24, 2.45) is 0 Å². The lowest BCUT2D eigenvalue weighted by molar-refractivity contribution is 1.15. The van der Waals surface area contributed by atoms with Gasteiger partial charge in [-0.05, 0) is 11.8 Å². The van der Waals surface area contributed by atoms with E-state index in [0.29, 0.717) is 11.2 Å². The molecule has 0 aliphatic carbocycles. The molecule has 5 heteroatoms. The second-order valence-electron chi connectivity index (χ2n) is 2.72. The standard InChI is InChI=1S/C9H9N3OS/c1-2-14-6-3-7-9(10-4-6)11-5-8(13)12-7/h3-5H,2H2,1H3,(H,12,13). The van der Waals surface area contributed by atoms with E-state index in [9.17, 15) is 4.79 Å². The number of aromatic nitrogens is 3. The zero-order valence-corrected chi connectivity index (χ0v) is 8.47. The molecule has 0 saturated heterocycles. The molecule has 0 atom stereocenters. The lowest BCUT2D eigenvalue weighted by Gasteiger charge is -1.99. The number of H-pyrrole nitrogens is 1. The first-order chi connectivity index (χ1) is 6.79. The number of hydrogen-bond donors (Lipinski definition) is 1. The van der Waals surface area contributed by atoms with Gasteiger partial charge in [0.25, 0.3) is 5.56 Å². The van der Waals surface area contributed by atoms with Crippen LogP contribution in [0.15, 0.2) is 28.2 Å². The second-order valence-corrected chi connectivity index (χ2v) is 4.06. The minimum Gasteiger partial charge on any atom is -0.318 e. The van der Waals surface area contributed by atoms with E-state index in [1.54, 1.807) is 18.0 Å². The molecule has 0 saturated carbocycles. The Hall–Kier alpha value is -1.36. The Kier molecular flexibility index (Phi) is 2.49. The molecule has 0 aromatic carbocycles. The highest BCUT2D eigenvalue weighted by Crippen LogP contribution is 2.18. The number of thioether (sulfide) groups is 1. The van der Waals surface area contributed by atoms with Gasteiger partial charge in [0.2, 0.25) is 0 Å². The van der Waals surface area contributed by atoms with Crippen LogP contribution in [0.4, 0.5) is 0 Å². The average molecular weight is 207 g/mol. The monoisotopic (exact) mass is 207 g/mol. The summed E-state index contributed by atoms with van der Waals surface area (Å²) in [6.07, 6.45) is 3.00. The number of pyridine rings is 1. The molecule has 0 unspecified atom stereocenters. The second kappa shape index (κ2) is 3.79. The predicted octanol–water partition coefficient (Wildman–Crippen LogP) is 1.43. The van der Waals surface area contributed by atoms with Crippen LogP contribution in [0.2, 0.25) is 0 Å². The van der Waals surface area contributed by atoms with Crippen molar-refractivity contribution in [2.75, 3.05) is 5.75 Å². The van der Waals surface area contributed by atoms with Crippen molar-refractivity contribution in [2.45, 2.75) is 11.8 Å². The molecule has 0 radical (unpaired) electrons. The Bertz CT molecular complexity index is 509. The zero-order chi connectivity index (χ0) is 9.97. The Morgan fingerprint density at radius 3 is 3.00 bits per heavy atom. The van der Waals surface area contributed by atoms with Gasteiger partial charge in [0.15, 0.2) is 5.65 Å². The molecule has 72 valence electrons. The van der Waals surface area contributed by atoms with Crippen LogP contribution < -0.4 is 5.56 Å². The van der Waals surface area contributed by atoms with E-state index in [0.717, 1.165) is 10.6 Å². The molecule has 4 nitrogen and oxygen atoms in total. The molecule has 2 rings (SSSR count). The van der Waals surface area contributed by atoms with Gasteiger partial charge in [-0.1, -0.05) is 6.92 Å². The van der Waals surface area contributed by atoms with Crippen molar-refractivity contribution in [3.63, 3.8) is 0 Å². The summed E-state index contributed by atoms with van der Waals surface area (Å²) < 4.78 is 0. The van der Waals surface area contributed by atoms with E-state index >= 15 is 0 Å². The van der Waals surface area contributed by atoms with Gasteiger partial charge in [-0.25, -0.2) is 9.97 Å². The summed E-state index contributed by atoms with van der Waals surface area (Å²) in [7, 11) is 0. The Balaban J connectivity index is 2.58. The molecule has 14 heavy (non-hydrogen) atoms. The van der Waals surface area contributed by atoms with E-state index < -0.39 is 0 Å². The van der Waals surface area contributed by atoms with Crippen LogP contribution in [0.1, 0.15) is 6.92 Å². The quantitative estimate of drug-likeness (QED) is 0.757. The molecule has 0 fully saturated rings. The maximum atomic E-state index is 11.0. The third-order valence-corrected chi connectivity index (χ3v) is 2.56. The van der Waals surface area contributed by atoms with Crippen molar-refractivity contribution >= 4 is 22.9 Å². The van der Waals surface area contributed by atoms with Gasteiger partial charge >= 0.3 is 0 Å². The number of aromatic amines is 1. The Labute approximate surface area is 84.8 Å². The molecular formula is C9H9N3OS. The number of fused-ring (bicyclic) bond motifs is 1. The van der Waals surface area contributed by atoms with E-state index in [1.807, 2.05) is 6.07 Å². The van der Waals surface area contributed by atoms with Crippen LogP contribution in [-0.4, -0.2) is 20.7 Å².